The minimum absolute atomic E-state index is 0.773. The van der Waals surface area contributed by atoms with Crippen molar-refractivity contribution in [1.82, 2.24) is 15.5 Å². The molecular formula is C19H28N4S. The van der Waals surface area contributed by atoms with Gasteiger partial charge in [-0.25, -0.2) is 0 Å². The molecular weight excluding hydrogens is 316 g/mol. The van der Waals surface area contributed by atoms with Crippen LogP contribution in [-0.2, 0) is 19.6 Å². The summed E-state index contributed by atoms with van der Waals surface area (Å²) in [6, 6.07) is 10.9. The Kier molecular flexibility index (Phi) is 7.79. The van der Waals surface area contributed by atoms with Gasteiger partial charge in [-0.1, -0.05) is 38.1 Å². The Morgan fingerprint density at radius 1 is 0.958 bits per heavy atom. The van der Waals surface area contributed by atoms with Gasteiger partial charge in [0, 0.05) is 26.7 Å². The number of nitrogens with one attached hydrogen (secondary N) is 2. The number of thiophene rings is 1. The van der Waals surface area contributed by atoms with E-state index in [9.17, 15) is 0 Å². The second-order valence-electron chi connectivity index (χ2n) is 5.69. The number of benzene rings is 1. The molecule has 5 heteroatoms. The molecule has 0 saturated carbocycles. The van der Waals surface area contributed by atoms with E-state index >= 15 is 0 Å². The number of guanidine groups is 1. The number of hydrogen-bond acceptors (Lipinski definition) is 3. The Balaban J connectivity index is 1.80. The Bertz CT molecular complexity index is 601. The topological polar surface area (TPSA) is 39.7 Å². The molecule has 0 unspecified atom stereocenters. The van der Waals surface area contributed by atoms with Crippen LogP contribution in [0.5, 0.6) is 0 Å². The van der Waals surface area contributed by atoms with E-state index in [2.05, 4.69) is 75.5 Å². The Morgan fingerprint density at radius 2 is 1.58 bits per heavy atom. The smallest absolute Gasteiger partial charge is 0.191 e. The average Bonchev–Trinajstić information content (AvgIpc) is 3.14. The number of nitrogens with zero attached hydrogens (tertiary/aromatic N) is 2. The van der Waals surface area contributed by atoms with E-state index < -0.39 is 0 Å². The maximum atomic E-state index is 4.27. The van der Waals surface area contributed by atoms with Gasteiger partial charge in [0.05, 0.1) is 0 Å². The van der Waals surface area contributed by atoms with Crippen molar-refractivity contribution >= 4 is 17.3 Å². The van der Waals surface area contributed by atoms with Crippen molar-refractivity contribution in [1.29, 1.82) is 0 Å². The molecule has 0 radical (unpaired) electrons. The number of hydrogen-bond donors (Lipinski definition) is 2. The number of aliphatic imine (C=N–C) groups is 1. The van der Waals surface area contributed by atoms with E-state index in [0.29, 0.717) is 0 Å². The molecule has 130 valence electrons. The average molecular weight is 345 g/mol. The first-order valence-corrected chi connectivity index (χ1v) is 9.45. The molecule has 4 nitrogen and oxygen atoms in total. The van der Waals surface area contributed by atoms with Crippen LogP contribution in [0, 0.1) is 0 Å². The highest BCUT2D eigenvalue weighted by molar-refractivity contribution is 7.07. The predicted octanol–water partition coefficient (Wildman–Crippen LogP) is 3.46. The van der Waals surface area contributed by atoms with Gasteiger partial charge < -0.3 is 10.6 Å². The van der Waals surface area contributed by atoms with Crippen LogP contribution in [0.25, 0.3) is 0 Å². The summed E-state index contributed by atoms with van der Waals surface area (Å²) in [7, 11) is 1.80. The molecule has 0 saturated heterocycles. The van der Waals surface area contributed by atoms with E-state index in [4.69, 9.17) is 0 Å². The monoisotopic (exact) mass is 344 g/mol. The van der Waals surface area contributed by atoms with Crippen LogP contribution in [0.4, 0.5) is 0 Å². The molecule has 24 heavy (non-hydrogen) atoms. The Morgan fingerprint density at radius 3 is 2.12 bits per heavy atom. The predicted molar refractivity (Wildman–Crippen MR) is 104 cm³/mol. The minimum atomic E-state index is 0.773. The first-order chi connectivity index (χ1) is 11.7. The van der Waals surface area contributed by atoms with Gasteiger partial charge in [0.15, 0.2) is 5.96 Å². The van der Waals surface area contributed by atoms with Crippen molar-refractivity contribution in [3.8, 4) is 0 Å². The molecule has 0 aliphatic heterocycles. The fourth-order valence-corrected chi connectivity index (χ4v) is 3.12. The zero-order valence-corrected chi connectivity index (χ0v) is 15.7. The Hall–Kier alpha value is -1.85. The van der Waals surface area contributed by atoms with Gasteiger partial charge in [0.1, 0.15) is 0 Å². The lowest BCUT2D eigenvalue weighted by Gasteiger charge is -2.18. The SMILES string of the molecule is CCN(CC)Cc1ccc(CNC(=NC)NCc2ccsc2)cc1. The lowest BCUT2D eigenvalue weighted by molar-refractivity contribution is 0.296. The van der Waals surface area contributed by atoms with E-state index in [1.807, 2.05) is 0 Å². The maximum absolute atomic E-state index is 4.27. The molecule has 0 fully saturated rings. The molecule has 0 aliphatic carbocycles. The summed E-state index contributed by atoms with van der Waals surface area (Å²) in [6.07, 6.45) is 0. The van der Waals surface area contributed by atoms with Gasteiger partial charge >= 0.3 is 0 Å². The van der Waals surface area contributed by atoms with Crippen LogP contribution >= 0.6 is 11.3 Å². The van der Waals surface area contributed by atoms with Crippen molar-refractivity contribution in [2.75, 3.05) is 20.1 Å². The summed E-state index contributed by atoms with van der Waals surface area (Å²) in [4.78, 5) is 6.69. The number of rotatable bonds is 8. The van der Waals surface area contributed by atoms with Gasteiger partial charge in [-0.15, -0.1) is 0 Å². The third kappa shape index (κ3) is 5.98. The molecule has 1 aromatic heterocycles. The fraction of sp³-hybridized carbons (Fsp3) is 0.421. The normalized spacial score (nSPS) is 11.8. The molecule has 0 bridgehead atoms. The first kappa shape index (κ1) is 18.5. The molecule has 2 rings (SSSR count). The molecule has 0 atom stereocenters. The zero-order chi connectivity index (χ0) is 17.2. The first-order valence-electron chi connectivity index (χ1n) is 8.50. The van der Waals surface area contributed by atoms with Crippen molar-refractivity contribution in [2.24, 2.45) is 4.99 Å². The minimum Gasteiger partial charge on any atom is -0.352 e. The highest BCUT2D eigenvalue weighted by Gasteiger charge is 2.02. The van der Waals surface area contributed by atoms with Crippen molar-refractivity contribution in [3.05, 3.63) is 57.8 Å². The van der Waals surface area contributed by atoms with E-state index in [0.717, 1.165) is 38.7 Å². The van der Waals surface area contributed by atoms with Gasteiger partial charge in [0.25, 0.3) is 0 Å². The van der Waals surface area contributed by atoms with Crippen LogP contribution in [-0.4, -0.2) is 31.0 Å². The van der Waals surface area contributed by atoms with Gasteiger partial charge in [-0.3, -0.25) is 9.89 Å². The van der Waals surface area contributed by atoms with Crippen molar-refractivity contribution in [2.45, 2.75) is 33.5 Å². The fourth-order valence-electron chi connectivity index (χ4n) is 2.45. The van der Waals surface area contributed by atoms with Crippen molar-refractivity contribution in [3.63, 3.8) is 0 Å². The summed E-state index contributed by atoms with van der Waals surface area (Å²) < 4.78 is 0. The summed E-state index contributed by atoms with van der Waals surface area (Å²) in [5.74, 6) is 0.827. The van der Waals surface area contributed by atoms with Gasteiger partial charge in [0.2, 0.25) is 0 Å². The lowest BCUT2D eigenvalue weighted by atomic mass is 10.1. The zero-order valence-electron chi connectivity index (χ0n) is 14.9. The van der Waals surface area contributed by atoms with Gasteiger partial charge in [-0.2, -0.15) is 11.3 Å². The summed E-state index contributed by atoms with van der Waals surface area (Å²) in [5, 5.41) is 10.9. The van der Waals surface area contributed by atoms with Crippen LogP contribution in [0.15, 0.2) is 46.1 Å². The third-order valence-electron chi connectivity index (χ3n) is 4.05. The summed E-state index contributed by atoms with van der Waals surface area (Å²) >= 11 is 1.71. The second kappa shape index (κ2) is 10.1. The van der Waals surface area contributed by atoms with Crippen LogP contribution in [0.1, 0.15) is 30.5 Å². The van der Waals surface area contributed by atoms with Crippen LogP contribution in [0.3, 0.4) is 0 Å². The Labute approximate surface area is 149 Å². The van der Waals surface area contributed by atoms with E-state index in [1.165, 1.54) is 16.7 Å². The van der Waals surface area contributed by atoms with Crippen LogP contribution in [0.2, 0.25) is 0 Å². The third-order valence-corrected chi connectivity index (χ3v) is 4.78. The quantitative estimate of drug-likeness (QED) is 0.569. The standard InChI is InChI=1S/C19H28N4S/c1-4-23(5-2)14-17-8-6-16(7-9-17)12-21-19(20-3)22-13-18-10-11-24-15-18/h6-11,15H,4-5,12-14H2,1-3H3,(H2,20,21,22). The summed E-state index contributed by atoms with van der Waals surface area (Å²) in [5.41, 5.74) is 3.91. The molecule has 2 N–H and O–H groups in total. The lowest BCUT2D eigenvalue weighted by Crippen LogP contribution is -2.36. The molecule has 2 aromatic rings. The van der Waals surface area contributed by atoms with E-state index in [1.54, 1.807) is 18.4 Å². The molecule has 0 spiro atoms. The van der Waals surface area contributed by atoms with Crippen molar-refractivity contribution < 1.29 is 0 Å². The van der Waals surface area contributed by atoms with Crippen LogP contribution < -0.4 is 10.6 Å². The molecule has 1 aromatic carbocycles. The molecule has 1 heterocycles. The molecule has 0 amide bonds. The molecule has 0 aliphatic rings. The van der Waals surface area contributed by atoms with E-state index in [-0.39, 0.29) is 0 Å². The second-order valence-corrected chi connectivity index (χ2v) is 6.47. The highest BCUT2D eigenvalue weighted by atomic mass is 32.1. The summed E-state index contributed by atoms with van der Waals surface area (Å²) in [6.45, 7) is 9.18. The largest absolute Gasteiger partial charge is 0.352 e. The highest BCUT2D eigenvalue weighted by Crippen LogP contribution is 2.08. The van der Waals surface area contributed by atoms with Gasteiger partial charge in [-0.05, 0) is 46.6 Å². The maximum Gasteiger partial charge on any atom is 0.191 e.